The average molecular weight is 478 g/mol. The van der Waals surface area contributed by atoms with Crippen LogP contribution in [0.25, 0.3) is 0 Å². The van der Waals surface area contributed by atoms with Crippen LogP contribution in [0.1, 0.15) is 32.0 Å². The number of ether oxygens (including phenoxy) is 1. The predicted molar refractivity (Wildman–Crippen MR) is 131 cm³/mol. The van der Waals surface area contributed by atoms with Gasteiger partial charge in [0.25, 0.3) is 11.8 Å². The minimum absolute atomic E-state index is 0.0782. The highest BCUT2D eigenvalue weighted by Gasteiger charge is 2.26. The van der Waals surface area contributed by atoms with Crippen LogP contribution in [-0.2, 0) is 13.1 Å². The number of anilines is 2. The number of benzene rings is 2. The molecule has 0 atom stereocenters. The first-order chi connectivity index (χ1) is 16.0. The zero-order valence-electron chi connectivity index (χ0n) is 17.7. The van der Waals surface area contributed by atoms with Gasteiger partial charge in [-0.3, -0.25) is 14.5 Å². The standard InChI is InChI=1S/C25H20ClN3O3S/c1-32-22-13-18(26)6-9-21(22)23(30)27-19-7-4-16(5-8-19)24(31)29-15-20-3-2-11-28(20)14-17-10-12-33-25(17)29/h2-13H,14-15H2,1H3,(H,27,30). The minimum atomic E-state index is -0.320. The highest BCUT2D eigenvalue weighted by molar-refractivity contribution is 7.14. The van der Waals surface area contributed by atoms with Crippen LogP contribution < -0.4 is 15.0 Å². The molecular formula is C25H20ClN3O3S. The lowest BCUT2D eigenvalue weighted by Gasteiger charge is -2.20. The highest BCUT2D eigenvalue weighted by Crippen LogP contribution is 2.34. The van der Waals surface area contributed by atoms with E-state index in [-0.39, 0.29) is 11.8 Å². The lowest BCUT2D eigenvalue weighted by molar-refractivity contribution is 0.0984. The van der Waals surface area contributed by atoms with E-state index in [2.05, 4.69) is 16.0 Å². The van der Waals surface area contributed by atoms with Gasteiger partial charge >= 0.3 is 0 Å². The predicted octanol–water partition coefficient (Wildman–Crippen LogP) is 5.67. The smallest absolute Gasteiger partial charge is 0.259 e. The zero-order chi connectivity index (χ0) is 22.9. The Kier molecular flexibility index (Phi) is 5.66. The maximum absolute atomic E-state index is 13.4. The van der Waals surface area contributed by atoms with Crippen molar-refractivity contribution in [1.29, 1.82) is 0 Å². The van der Waals surface area contributed by atoms with E-state index >= 15 is 0 Å². The molecule has 0 bridgehead atoms. The van der Waals surface area contributed by atoms with E-state index in [1.165, 1.54) is 7.11 Å². The van der Waals surface area contributed by atoms with Crippen LogP contribution in [0.2, 0.25) is 5.02 Å². The van der Waals surface area contributed by atoms with Gasteiger partial charge in [0.15, 0.2) is 0 Å². The second kappa shape index (κ2) is 8.77. The molecule has 2 amide bonds. The second-order valence-corrected chi connectivity index (χ2v) is 8.98. The molecule has 166 valence electrons. The third kappa shape index (κ3) is 4.13. The summed E-state index contributed by atoms with van der Waals surface area (Å²) in [4.78, 5) is 27.9. The number of rotatable bonds is 4. The molecule has 5 rings (SSSR count). The number of amides is 2. The van der Waals surface area contributed by atoms with Crippen LogP contribution in [0.3, 0.4) is 0 Å². The molecule has 0 radical (unpaired) electrons. The molecule has 1 N–H and O–H groups in total. The fraction of sp³-hybridized carbons (Fsp3) is 0.120. The first kappa shape index (κ1) is 21.3. The van der Waals surface area contributed by atoms with Gasteiger partial charge in [-0.25, -0.2) is 0 Å². The largest absolute Gasteiger partial charge is 0.496 e. The number of fused-ring (bicyclic) bond motifs is 2. The summed E-state index contributed by atoms with van der Waals surface area (Å²) in [5.74, 6) is -0.00541. The van der Waals surface area contributed by atoms with Crippen molar-refractivity contribution in [3.63, 3.8) is 0 Å². The van der Waals surface area contributed by atoms with Crippen LogP contribution in [0.5, 0.6) is 5.75 Å². The summed E-state index contributed by atoms with van der Waals surface area (Å²) in [5, 5.41) is 6.31. The summed E-state index contributed by atoms with van der Waals surface area (Å²) in [7, 11) is 1.49. The molecule has 33 heavy (non-hydrogen) atoms. The fourth-order valence-electron chi connectivity index (χ4n) is 3.92. The molecule has 0 aliphatic carbocycles. The number of carbonyl (C=O) groups is 2. The highest BCUT2D eigenvalue weighted by atomic mass is 35.5. The molecule has 0 fully saturated rings. The van der Waals surface area contributed by atoms with Crippen molar-refractivity contribution in [1.82, 2.24) is 4.57 Å². The third-order valence-corrected chi connectivity index (χ3v) is 6.81. The van der Waals surface area contributed by atoms with Gasteiger partial charge in [-0.2, -0.15) is 0 Å². The second-order valence-electron chi connectivity index (χ2n) is 7.65. The zero-order valence-corrected chi connectivity index (χ0v) is 19.3. The monoisotopic (exact) mass is 477 g/mol. The summed E-state index contributed by atoms with van der Waals surface area (Å²) < 4.78 is 7.43. The van der Waals surface area contributed by atoms with Crippen molar-refractivity contribution in [2.75, 3.05) is 17.3 Å². The quantitative estimate of drug-likeness (QED) is 0.411. The molecule has 0 unspecified atom stereocenters. The number of aromatic nitrogens is 1. The molecule has 1 aliphatic heterocycles. The Morgan fingerprint density at radius 3 is 2.67 bits per heavy atom. The van der Waals surface area contributed by atoms with Crippen LogP contribution >= 0.6 is 22.9 Å². The maximum atomic E-state index is 13.4. The first-order valence-electron chi connectivity index (χ1n) is 10.3. The van der Waals surface area contributed by atoms with Gasteiger partial charge in [-0.15, -0.1) is 11.3 Å². The molecule has 3 heterocycles. The van der Waals surface area contributed by atoms with Gasteiger partial charge in [-0.1, -0.05) is 11.6 Å². The van der Waals surface area contributed by atoms with Gasteiger partial charge in [0, 0.05) is 33.7 Å². The SMILES string of the molecule is COc1cc(Cl)ccc1C(=O)Nc1ccc(C(=O)N2Cc3cccn3Cc3ccsc32)cc1. The molecule has 4 aromatic rings. The van der Waals surface area contributed by atoms with Crippen LogP contribution in [0.4, 0.5) is 10.7 Å². The Bertz CT molecular complexity index is 1340. The van der Waals surface area contributed by atoms with Crippen LogP contribution in [0, 0.1) is 0 Å². The van der Waals surface area contributed by atoms with E-state index in [0.717, 1.165) is 22.8 Å². The van der Waals surface area contributed by atoms with E-state index in [0.29, 0.717) is 34.1 Å². The Morgan fingerprint density at radius 2 is 1.88 bits per heavy atom. The summed E-state index contributed by atoms with van der Waals surface area (Å²) in [5.41, 5.74) is 3.73. The Labute approximate surface area is 200 Å². The molecule has 6 nitrogen and oxygen atoms in total. The maximum Gasteiger partial charge on any atom is 0.259 e. The van der Waals surface area contributed by atoms with Crippen molar-refractivity contribution in [2.45, 2.75) is 13.1 Å². The van der Waals surface area contributed by atoms with E-state index in [9.17, 15) is 9.59 Å². The topological polar surface area (TPSA) is 63.6 Å². The molecule has 2 aromatic carbocycles. The van der Waals surface area contributed by atoms with E-state index in [1.54, 1.807) is 53.8 Å². The summed E-state index contributed by atoms with van der Waals surface area (Å²) in [6.45, 7) is 1.26. The van der Waals surface area contributed by atoms with E-state index < -0.39 is 0 Å². The van der Waals surface area contributed by atoms with Gasteiger partial charge < -0.3 is 14.6 Å². The van der Waals surface area contributed by atoms with Gasteiger partial charge in [0.1, 0.15) is 10.8 Å². The van der Waals surface area contributed by atoms with Gasteiger partial charge in [0.05, 0.1) is 25.8 Å². The number of thiophene rings is 1. The molecule has 2 aromatic heterocycles. The molecule has 0 saturated carbocycles. The number of hydrogen-bond donors (Lipinski definition) is 1. The number of nitrogens with zero attached hydrogens (tertiary/aromatic N) is 2. The summed E-state index contributed by atoms with van der Waals surface area (Å²) in [6, 6.07) is 17.9. The molecule has 1 aliphatic rings. The number of hydrogen-bond acceptors (Lipinski definition) is 4. The first-order valence-corrected chi connectivity index (χ1v) is 11.6. The van der Waals surface area contributed by atoms with E-state index in [1.807, 2.05) is 28.6 Å². The molecule has 0 spiro atoms. The van der Waals surface area contributed by atoms with Crippen molar-refractivity contribution in [3.05, 3.63) is 99.6 Å². The molecule has 8 heteroatoms. The van der Waals surface area contributed by atoms with Crippen molar-refractivity contribution in [3.8, 4) is 5.75 Å². The van der Waals surface area contributed by atoms with Gasteiger partial charge in [0.2, 0.25) is 0 Å². The molecule has 0 saturated heterocycles. The number of halogens is 1. The summed E-state index contributed by atoms with van der Waals surface area (Å²) >= 11 is 7.55. The number of nitrogens with one attached hydrogen (secondary N) is 1. The Hall–Kier alpha value is -3.55. The van der Waals surface area contributed by atoms with Gasteiger partial charge in [-0.05, 0) is 66.0 Å². The molecular weight excluding hydrogens is 458 g/mol. The van der Waals surface area contributed by atoms with Crippen LogP contribution in [0.15, 0.2) is 72.2 Å². The normalized spacial score (nSPS) is 12.5. The fourth-order valence-corrected chi connectivity index (χ4v) is 5.00. The Balaban J connectivity index is 1.36. The number of methoxy groups -OCH3 is 1. The van der Waals surface area contributed by atoms with Crippen molar-refractivity contribution >= 4 is 45.4 Å². The average Bonchev–Trinajstić information content (AvgIpc) is 3.44. The Morgan fingerprint density at radius 1 is 1.06 bits per heavy atom. The van der Waals surface area contributed by atoms with Crippen LogP contribution in [-0.4, -0.2) is 23.5 Å². The van der Waals surface area contributed by atoms with Crippen molar-refractivity contribution in [2.24, 2.45) is 0 Å². The minimum Gasteiger partial charge on any atom is -0.496 e. The van der Waals surface area contributed by atoms with Crippen molar-refractivity contribution < 1.29 is 14.3 Å². The lowest BCUT2D eigenvalue weighted by atomic mass is 10.1. The lowest BCUT2D eigenvalue weighted by Crippen LogP contribution is -2.29. The third-order valence-electron chi connectivity index (χ3n) is 5.60. The number of carbonyl (C=O) groups excluding carboxylic acids is 2. The summed E-state index contributed by atoms with van der Waals surface area (Å²) in [6.07, 6.45) is 2.04. The van der Waals surface area contributed by atoms with E-state index in [4.69, 9.17) is 16.3 Å².